The van der Waals surface area contributed by atoms with Gasteiger partial charge in [-0.15, -0.1) is 0 Å². The van der Waals surface area contributed by atoms with Gasteiger partial charge in [-0.1, -0.05) is 30.3 Å². The standard InChI is InChI=1S/C27H35N3O4S/c1-19-16-24-17-25(12-13-26(24)30(19)20(2)31)35(33,34)29-18-22-8-10-23(11-9-22)27(32)28-15-14-21-6-4-3-5-7-21/h3-7,12-13,17,19,22-23,29H,8-11,14-16,18H2,1-2H3,(H,28,32)/t19-,22?,23?/m0/s1. The van der Waals surface area contributed by atoms with Gasteiger partial charge in [-0.25, -0.2) is 13.1 Å². The fourth-order valence-electron chi connectivity index (χ4n) is 5.31. The molecule has 35 heavy (non-hydrogen) atoms. The van der Waals surface area contributed by atoms with Crippen LogP contribution in [0.3, 0.4) is 0 Å². The number of nitrogens with zero attached hydrogens (tertiary/aromatic N) is 1. The van der Waals surface area contributed by atoms with Gasteiger partial charge in [-0.05, 0) is 80.7 Å². The Kier molecular flexibility index (Phi) is 7.91. The van der Waals surface area contributed by atoms with E-state index in [1.807, 2.05) is 25.1 Å². The monoisotopic (exact) mass is 497 g/mol. The third kappa shape index (κ3) is 6.11. The number of rotatable bonds is 8. The van der Waals surface area contributed by atoms with Gasteiger partial charge in [-0.3, -0.25) is 9.59 Å². The van der Waals surface area contributed by atoms with Gasteiger partial charge >= 0.3 is 0 Å². The van der Waals surface area contributed by atoms with Crippen molar-refractivity contribution < 1.29 is 18.0 Å². The average Bonchev–Trinajstić information content (AvgIpc) is 3.19. The van der Waals surface area contributed by atoms with Gasteiger partial charge in [-0.2, -0.15) is 0 Å². The van der Waals surface area contributed by atoms with Crippen LogP contribution in [0.4, 0.5) is 5.69 Å². The SMILES string of the molecule is CC(=O)N1c2ccc(S(=O)(=O)NCC3CCC(C(=O)NCCc4ccccc4)CC3)cc2C[C@@H]1C. The minimum absolute atomic E-state index is 0.00144. The van der Waals surface area contributed by atoms with Crippen LogP contribution in [-0.4, -0.2) is 39.4 Å². The van der Waals surface area contributed by atoms with E-state index < -0.39 is 10.0 Å². The maximum atomic E-state index is 12.9. The van der Waals surface area contributed by atoms with Crippen LogP contribution in [0.2, 0.25) is 0 Å². The Morgan fingerprint density at radius 1 is 1.03 bits per heavy atom. The number of nitrogens with one attached hydrogen (secondary N) is 2. The highest BCUT2D eigenvalue weighted by Gasteiger charge is 2.31. The van der Waals surface area contributed by atoms with Crippen molar-refractivity contribution in [2.45, 2.75) is 63.3 Å². The zero-order chi connectivity index (χ0) is 25.0. The summed E-state index contributed by atoms with van der Waals surface area (Å²) >= 11 is 0. The van der Waals surface area contributed by atoms with Crippen LogP contribution < -0.4 is 14.9 Å². The largest absolute Gasteiger partial charge is 0.356 e. The number of carbonyl (C=O) groups is 2. The number of hydrogen-bond acceptors (Lipinski definition) is 4. The first-order valence-corrected chi connectivity index (χ1v) is 14.0. The fourth-order valence-corrected chi connectivity index (χ4v) is 6.48. The lowest BCUT2D eigenvalue weighted by atomic mass is 9.81. The molecule has 1 aliphatic heterocycles. The van der Waals surface area contributed by atoms with E-state index >= 15 is 0 Å². The second-order valence-electron chi connectivity index (χ2n) is 9.83. The minimum atomic E-state index is -3.64. The van der Waals surface area contributed by atoms with Gasteiger partial charge < -0.3 is 10.2 Å². The van der Waals surface area contributed by atoms with E-state index in [1.165, 1.54) is 12.5 Å². The molecule has 2 aromatic carbocycles. The number of anilines is 1. The molecule has 4 rings (SSSR count). The molecule has 1 saturated carbocycles. The third-order valence-electron chi connectivity index (χ3n) is 7.25. The number of carbonyl (C=O) groups excluding carboxylic acids is 2. The van der Waals surface area contributed by atoms with E-state index in [9.17, 15) is 18.0 Å². The van der Waals surface area contributed by atoms with E-state index in [0.29, 0.717) is 19.5 Å². The molecule has 0 aromatic heterocycles. The molecule has 1 atom stereocenters. The molecule has 0 bridgehead atoms. The summed E-state index contributed by atoms with van der Waals surface area (Å²) in [6.45, 7) is 4.50. The van der Waals surface area contributed by atoms with Crippen LogP contribution in [0.25, 0.3) is 0 Å². The molecule has 8 heteroatoms. The lowest BCUT2D eigenvalue weighted by molar-refractivity contribution is -0.126. The van der Waals surface area contributed by atoms with Crippen molar-refractivity contribution in [3.8, 4) is 0 Å². The normalized spacial score (nSPS) is 22.0. The van der Waals surface area contributed by atoms with Gasteiger partial charge in [0.15, 0.2) is 0 Å². The molecular formula is C27H35N3O4S. The van der Waals surface area contributed by atoms with Crippen molar-refractivity contribution in [3.05, 3.63) is 59.7 Å². The smallest absolute Gasteiger partial charge is 0.240 e. The predicted octanol–water partition coefficient (Wildman–Crippen LogP) is 3.43. The predicted molar refractivity (Wildman–Crippen MR) is 137 cm³/mol. The Morgan fingerprint density at radius 2 is 1.74 bits per heavy atom. The van der Waals surface area contributed by atoms with Crippen molar-refractivity contribution in [2.75, 3.05) is 18.0 Å². The summed E-state index contributed by atoms with van der Waals surface area (Å²) in [6, 6.07) is 15.1. The van der Waals surface area contributed by atoms with Crippen LogP contribution in [0.15, 0.2) is 53.4 Å². The van der Waals surface area contributed by atoms with Gasteiger partial charge in [0.25, 0.3) is 0 Å². The van der Waals surface area contributed by atoms with Gasteiger partial charge in [0, 0.05) is 37.7 Å². The second-order valence-corrected chi connectivity index (χ2v) is 11.6. The average molecular weight is 498 g/mol. The van der Waals surface area contributed by atoms with Crippen LogP contribution in [0.1, 0.15) is 50.7 Å². The van der Waals surface area contributed by atoms with Gasteiger partial charge in [0.1, 0.15) is 0 Å². The summed E-state index contributed by atoms with van der Waals surface area (Å²) in [5.74, 6) is 0.291. The lowest BCUT2D eigenvalue weighted by Crippen LogP contribution is -2.36. The summed E-state index contributed by atoms with van der Waals surface area (Å²) in [5, 5.41) is 3.05. The van der Waals surface area contributed by atoms with Crippen LogP contribution in [-0.2, 0) is 32.5 Å². The highest BCUT2D eigenvalue weighted by Crippen LogP contribution is 2.34. The lowest BCUT2D eigenvalue weighted by Gasteiger charge is -2.28. The molecule has 2 N–H and O–H groups in total. The van der Waals surface area contributed by atoms with Crippen molar-refractivity contribution in [2.24, 2.45) is 11.8 Å². The number of fused-ring (bicyclic) bond motifs is 1. The number of sulfonamides is 1. The summed E-state index contributed by atoms with van der Waals surface area (Å²) < 4.78 is 28.6. The molecule has 0 radical (unpaired) electrons. The Hall–Kier alpha value is -2.71. The van der Waals surface area contributed by atoms with Crippen molar-refractivity contribution in [1.29, 1.82) is 0 Å². The minimum Gasteiger partial charge on any atom is -0.356 e. The van der Waals surface area contributed by atoms with Crippen molar-refractivity contribution in [1.82, 2.24) is 10.0 Å². The fraction of sp³-hybridized carbons (Fsp3) is 0.481. The molecule has 1 heterocycles. The first kappa shape index (κ1) is 25.4. The number of hydrogen-bond donors (Lipinski definition) is 2. The third-order valence-corrected chi connectivity index (χ3v) is 8.67. The van der Waals surface area contributed by atoms with Crippen molar-refractivity contribution in [3.63, 3.8) is 0 Å². The topological polar surface area (TPSA) is 95.6 Å². The van der Waals surface area contributed by atoms with E-state index in [1.54, 1.807) is 23.1 Å². The molecule has 0 unspecified atom stereocenters. The van der Waals surface area contributed by atoms with Crippen LogP contribution in [0.5, 0.6) is 0 Å². The molecule has 188 valence electrons. The number of amides is 2. The highest BCUT2D eigenvalue weighted by molar-refractivity contribution is 7.89. The number of benzene rings is 2. The van der Waals surface area contributed by atoms with Crippen LogP contribution >= 0.6 is 0 Å². The van der Waals surface area contributed by atoms with E-state index in [2.05, 4.69) is 22.2 Å². The molecular weight excluding hydrogens is 462 g/mol. The summed E-state index contributed by atoms with van der Waals surface area (Å²) in [7, 11) is -3.64. The van der Waals surface area contributed by atoms with Crippen LogP contribution in [0, 0.1) is 11.8 Å². The molecule has 2 aliphatic rings. The summed E-state index contributed by atoms with van der Waals surface area (Å²) in [4.78, 5) is 26.4. The first-order chi connectivity index (χ1) is 16.7. The molecule has 2 amide bonds. The maximum Gasteiger partial charge on any atom is 0.240 e. The quantitative estimate of drug-likeness (QED) is 0.584. The first-order valence-electron chi connectivity index (χ1n) is 12.5. The zero-order valence-electron chi connectivity index (χ0n) is 20.5. The van der Waals surface area contributed by atoms with E-state index in [-0.39, 0.29) is 34.6 Å². The van der Waals surface area contributed by atoms with E-state index in [0.717, 1.165) is 43.4 Å². The molecule has 1 aliphatic carbocycles. The Morgan fingerprint density at radius 3 is 2.43 bits per heavy atom. The van der Waals surface area contributed by atoms with E-state index in [4.69, 9.17) is 0 Å². The summed E-state index contributed by atoms with van der Waals surface area (Å²) in [6.07, 6.45) is 4.68. The van der Waals surface area contributed by atoms with Gasteiger partial charge in [0.05, 0.1) is 4.90 Å². The van der Waals surface area contributed by atoms with Gasteiger partial charge in [0.2, 0.25) is 21.8 Å². The molecule has 7 nitrogen and oxygen atoms in total. The molecule has 0 saturated heterocycles. The molecule has 0 spiro atoms. The highest BCUT2D eigenvalue weighted by atomic mass is 32.2. The summed E-state index contributed by atoms with van der Waals surface area (Å²) in [5.41, 5.74) is 2.89. The molecule has 1 fully saturated rings. The second kappa shape index (κ2) is 10.9. The Balaban J connectivity index is 1.24. The zero-order valence-corrected chi connectivity index (χ0v) is 21.3. The van der Waals surface area contributed by atoms with Crippen molar-refractivity contribution >= 4 is 27.5 Å². The Bertz CT molecular complexity index is 1160. The molecule has 2 aromatic rings. The maximum absolute atomic E-state index is 12.9. The Labute approximate surface area is 208 Å².